The number of aliphatic hydroxyl groups excluding tert-OH is 2. The van der Waals surface area contributed by atoms with Gasteiger partial charge in [0.25, 0.3) is 0 Å². The molecule has 0 saturated heterocycles. The minimum atomic E-state index is -0.835. The number of hydrogen-bond acceptors (Lipinski definition) is 3. The molecule has 0 aromatic carbocycles. The first-order valence-corrected chi connectivity index (χ1v) is 8.80. The molecule has 4 nitrogen and oxygen atoms in total. The Bertz CT molecular complexity index is 421. The Morgan fingerprint density at radius 3 is 2.25 bits per heavy atom. The fourth-order valence-corrected chi connectivity index (χ4v) is 2.07. The van der Waals surface area contributed by atoms with E-state index in [0.29, 0.717) is 19.3 Å². The van der Waals surface area contributed by atoms with Gasteiger partial charge in [-0.15, -0.1) is 0 Å². The summed E-state index contributed by atoms with van der Waals surface area (Å²) in [6, 6.07) is 0. The fourth-order valence-electron chi connectivity index (χ4n) is 2.07. The Hall–Kier alpha value is -1.65. The van der Waals surface area contributed by atoms with E-state index < -0.39 is 12.1 Å². The van der Waals surface area contributed by atoms with Crippen molar-refractivity contribution in [2.24, 2.45) is 0 Å². The summed E-state index contributed by atoms with van der Waals surface area (Å²) in [4.78, 5) is 10.3. The number of rotatable bonds is 14. The number of carboxylic acid groups (broad SMARTS) is 1. The zero-order chi connectivity index (χ0) is 18.0. The molecule has 0 aromatic rings. The SMILES string of the molecule is CCCCCC(O)C/C=C/C=C/C=C\C=C\C(O)CCCC(=O)O. The molecule has 0 aliphatic carbocycles. The molecule has 0 aliphatic heterocycles. The minimum absolute atomic E-state index is 0.0864. The van der Waals surface area contributed by atoms with E-state index in [2.05, 4.69) is 6.92 Å². The monoisotopic (exact) mass is 336 g/mol. The largest absolute Gasteiger partial charge is 0.481 e. The van der Waals surface area contributed by atoms with Crippen LogP contribution in [0.5, 0.6) is 0 Å². The van der Waals surface area contributed by atoms with Gasteiger partial charge in [0.05, 0.1) is 12.2 Å². The summed E-state index contributed by atoms with van der Waals surface area (Å²) in [6.07, 6.45) is 19.8. The molecule has 0 aromatic heterocycles. The molecule has 0 fully saturated rings. The standard InChI is InChI=1S/C20H32O4/c1-2-3-9-13-18(21)14-10-7-5-4-6-8-11-15-19(22)16-12-17-20(23)24/h4-8,10-11,15,18-19,21-22H,2-3,9,12-14,16-17H2,1H3,(H,23,24)/b5-4+,8-6-,10-7+,15-11+. The van der Waals surface area contributed by atoms with Crippen LogP contribution in [0.25, 0.3) is 0 Å². The Kier molecular flexibility index (Phi) is 15.1. The number of hydrogen-bond donors (Lipinski definition) is 3. The quantitative estimate of drug-likeness (QED) is 0.329. The lowest BCUT2D eigenvalue weighted by molar-refractivity contribution is -0.137. The third-order valence-corrected chi connectivity index (χ3v) is 3.46. The van der Waals surface area contributed by atoms with Crippen LogP contribution in [0.2, 0.25) is 0 Å². The van der Waals surface area contributed by atoms with E-state index in [1.807, 2.05) is 36.5 Å². The molecular formula is C20H32O4. The number of aliphatic carboxylic acids is 1. The smallest absolute Gasteiger partial charge is 0.303 e. The van der Waals surface area contributed by atoms with E-state index in [0.717, 1.165) is 12.8 Å². The third kappa shape index (κ3) is 16.7. The van der Waals surface area contributed by atoms with Crippen molar-refractivity contribution in [1.82, 2.24) is 0 Å². The highest BCUT2D eigenvalue weighted by Crippen LogP contribution is 2.06. The molecule has 3 N–H and O–H groups in total. The second kappa shape index (κ2) is 16.2. The first-order chi connectivity index (χ1) is 11.6. The van der Waals surface area contributed by atoms with Crippen molar-refractivity contribution in [2.45, 2.75) is 70.5 Å². The molecule has 24 heavy (non-hydrogen) atoms. The van der Waals surface area contributed by atoms with E-state index in [9.17, 15) is 15.0 Å². The van der Waals surface area contributed by atoms with E-state index in [-0.39, 0.29) is 12.5 Å². The maximum Gasteiger partial charge on any atom is 0.303 e. The lowest BCUT2D eigenvalue weighted by Crippen LogP contribution is -2.03. The van der Waals surface area contributed by atoms with Crippen LogP contribution in [0.15, 0.2) is 48.6 Å². The lowest BCUT2D eigenvalue weighted by atomic mass is 10.1. The number of carbonyl (C=O) groups is 1. The van der Waals surface area contributed by atoms with E-state index >= 15 is 0 Å². The van der Waals surface area contributed by atoms with E-state index in [1.165, 1.54) is 12.8 Å². The van der Waals surface area contributed by atoms with Gasteiger partial charge in [-0.1, -0.05) is 74.8 Å². The summed E-state index contributed by atoms with van der Waals surface area (Å²) < 4.78 is 0. The Balaban J connectivity index is 3.77. The molecule has 4 heteroatoms. The Morgan fingerprint density at radius 1 is 0.917 bits per heavy atom. The molecule has 0 aliphatic rings. The van der Waals surface area contributed by atoms with Gasteiger partial charge in [0, 0.05) is 6.42 Å². The normalized spacial score (nSPS) is 15.1. The van der Waals surface area contributed by atoms with Crippen LogP contribution in [-0.2, 0) is 4.79 Å². The number of aliphatic hydroxyl groups is 2. The van der Waals surface area contributed by atoms with Gasteiger partial charge in [0.2, 0.25) is 0 Å². The van der Waals surface area contributed by atoms with Gasteiger partial charge < -0.3 is 15.3 Å². The molecule has 0 spiro atoms. The van der Waals surface area contributed by atoms with Crippen molar-refractivity contribution < 1.29 is 20.1 Å². The van der Waals surface area contributed by atoms with Crippen molar-refractivity contribution in [3.8, 4) is 0 Å². The average molecular weight is 336 g/mol. The summed E-state index contributed by atoms with van der Waals surface area (Å²) in [6.45, 7) is 2.15. The van der Waals surface area contributed by atoms with Gasteiger partial charge in [-0.3, -0.25) is 4.79 Å². The molecule has 0 heterocycles. The molecule has 0 bridgehead atoms. The van der Waals surface area contributed by atoms with Crippen molar-refractivity contribution in [1.29, 1.82) is 0 Å². The molecular weight excluding hydrogens is 304 g/mol. The van der Waals surface area contributed by atoms with Crippen LogP contribution >= 0.6 is 0 Å². The maximum atomic E-state index is 10.3. The topological polar surface area (TPSA) is 77.8 Å². The van der Waals surface area contributed by atoms with Gasteiger partial charge in [-0.2, -0.15) is 0 Å². The van der Waals surface area contributed by atoms with E-state index in [1.54, 1.807) is 12.2 Å². The summed E-state index contributed by atoms with van der Waals surface area (Å²) in [5.74, 6) is -0.835. The molecule has 2 unspecified atom stereocenters. The van der Waals surface area contributed by atoms with Crippen LogP contribution in [0.4, 0.5) is 0 Å². The van der Waals surface area contributed by atoms with Gasteiger partial charge in [0.15, 0.2) is 0 Å². The zero-order valence-electron chi connectivity index (χ0n) is 14.7. The molecule has 0 saturated carbocycles. The third-order valence-electron chi connectivity index (χ3n) is 3.46. The predicted molar refractivity (Wildman–Crippen MR) is 98.8 cm³/mol. The first-order valence-electron chi connectivity index (χ1n) is 8.80. The summed E-state index contributed by atoms with van der Waals surface area (Å²) in [5.41, 5.74) is 0. The molecule has 0 amide bonds. The van der Waals surface area contributed by atoms with Crippen molar-refractivity contribution in [3.05, 3.63) is 48.6 Å². The molecule has 2 atom stereocenters. The first kappa shape index (κ1) is 22.4. The minimum Gasteiger partial charge on any atom is -0.481 e. The fraction of sp³-hybridized carbons (Fsp3) is 0.550. The average Bonchev–Trinajstić information content (AvgIpc) is 2.53. The number of allylic oxidation sites excluding steroid dienone is 6. The highest BCUT2D eigenvalue weighted by atomic mass is 16.4. The van der Waals surface area contributed by atoms with Crippen LogP contribution in [0.3, 0.4) is 0 Å². The van der Waals surface area contributed by atoms with Gasteiger partial charge in [-0.05, 0) is 25.7 Å². The van der Waals surface area contributed by atoms with Crippen LogP contribution in [-0.4, -0.2) is 33.5 Å². The Morgan fingerprint density at radius 2 is 1.58 bits per heavy atom. The second-order valence-corrected chi connectivity index (χ2v) is 5.82. The maximum absolute atomic E-state index is 10.3. The second-order valence-electron chi connectivity index (χ2n) is 5.82. The highest BCUT2D eigenvalue weighted by molar-refractivity contribution is 5.66. The molecule has 0 radical (unpaired) electrons. The molecule has 0 rings (SSSR count). The van der Waals surface area contributed by atoms with Crippen LogP contribution in [0.1, 0.15) is 58.3 Å². The van der Waals surface area contributed by atoms with E-state index in [4.69, 9.17) is 5.11 Å². The van der Waals surface area contributed by atoms with Crippen molar-refractivity contribution in [3.63, 3.8) is 0 Å². The number of carboxylic acids is 1. The summed E-state index contributed by atoms with van der Waals surface area (Å²) in [7, 11) is 0. The van der Waals surface area contributed by atoms with Crippen LogP contribution < -0.4 is 0 Å². The predicted octanol–water partition coefficient (Wildman–Crippen LogP) is 4.16. The van der Waals surface area contributed by atoms with Crippen molar-refractivity contribution >= 4 is 5.97 Å². The summed E-state index contributed by atoms with van der Waals surface area (Å²) in [5, 5.41) is 27.8. The van der Waals surface area contributed by atoms with Gasteiger partial charge in [0.1, 0.15) is 0 Å². The summed E-state index contributed by atoms with van der Waals surface area (Å²) >= 11 is 0. The van der Waals surface area contributed by atoms with Gasteiger partial charge in [-0.25, -0.2) is 0 Å². The van der Waals surface area contributed by atoms with Crippen molar-refractivity contribution in [2.75, 3.05) is 0 Å². The number of unbranched alkanes of at least 4 members (excludes halogenated alkanes) is 2. The molecule has 136 valence electrons. The Labute approximate surface area is 145 Å². The highest BCUT2D eigenvalue weighted by Gasteiger charge is 2.01. The van der Waals surface area contributed by atoms with Gasteiger partial charge >= 0.3 is 5.97 Å². The van der Waals surface area contributed by atoms with Crippen LogP contribution in [0, 0.1) is 0 Å². The zero-order valence-corrected chi connectivity index (χ0v) is 14.7. The lowest BCUT2D eigenvalue weighted by Gasteiger charge is -2.05.